The van der Waals surface area contributed by atoms with E-state index < -0.39 is 8.25 Å². The topological polar surface area (TPSA) is 59.0 Å². The van der Waals surface area contributed by atoms with Crippen molar-refractivity contribution in [1.82, 2.24) is 5.06 Å². The molecule has 0 heterocycles. The Bertz CT molecular complexity index is 361. The predicted octanol–water partition coefficient (Wildman–Crippen LogP) is 8.46. The van der Waals surface area contributed by atoms with Gasteiger partial charge in [0.15, 0.2) is 0 Å². The van der Waals surface area contributed by atoms with Crippen LogP contribution in [0.3, 0.4) is 0 Å². The fourth-order valence-corrected chi connectivity index (χ4v) is 4.35. The monoisotopic (exact) mass is 477 g/mol. The summed E-state index contributed by atoms with van der Waals surface area (Å²) >= 11 is 0. The van der Waals surface area contributed by atoms with Crippen LogP contribution in [0.15, 0.2) is 0 Å². The van der Waals surface area contributed by atoms with Gasteiger partial charge in [-0.15, -0.1) is 0 Å². The van der Waals surface area contributed by atoms with Crippen LogP contribution >= 0.6 is 8.25 Å². The molecule has 0 aromatic rings. The van der Waals surface area contributed by atoms with Crippen molar-refractivity contribution < 1.29 is 18.8 Å². The highest BCUT2D eigenvalue weighted by Crippen LogP contribution is 2.15. The van der Waals surface area contributed by atoms with E-state index in [9.17, 15) is 4.57 Å². The quantitative estimate of drug-likeness (QED) is 0.0730. The summed E-state index contributed by atoms with van der Waals surface area (Å²) in [6.07, 6.45) is 26.7. The van der Waals surface area contributed by atoms with Gasteiger partial charge in [-0.05, 0) is 12.8 Å². The number of nitrogens with zero attached hydrogens (tertiary/aromatic N) is 1. The van der Waals surface area contributed by atoms with E-state index in [2.05, 4.69) is 18.9 Å². The van der Waals surface area contributed by atoms with Crippen molar-refractivity contribution in [2.75, 3.05) is 26.3 Å². The summed E-state index contributed by atoms with van der Waals surface area (Å²) in [5.74, 6) is 0. The SMILES string of the molecule is CCCCCCCCCCCCN(CCCCCCCCCCCC)OCCO[PH](=O)O. The van der Waals surface area contributed by atoms with Crippen LogP contribution in [0.2, 0.25) is 0 Å². The largest absolute Gasteiger partial charge is 0.326 e. The lowest BCUT2D eigenvalue weighted by Gasteiger charge is -2.21. The Hall–Kier alpha value is 0.0700. The molecule has 0 saturated heterocycles. The first kappa shape index (κ1) is 32.1. The van der Waals surface area contributed by atoms with Crippen molar-refractivity contribution in [3.63, 3.8) is 0 Å². The molecule has 0 amide bonds. The molecule has 1 atom stereocenters. The number of unbranched alkanes of at least 4 members (excludes halogenated alkanes) is 18. The van der Waals surface area contributed by atoms with Gasteiger partial charge < -0.3 is 9.42 Å². The van der Waals surface area contributed by atoms with Gasteiger partial charge in [-0.1, -0.05) is 129 Å². The Balaban J connectivity index is 3.77. The first-order valence-corrected chi connectivity index (χ1v) is 15.2. The minimum Gasteiger partial charge on any atom is -0.326 e. The lowest BCUT2D eigenvalue weighted by Crippen LogP contribution is -2.28. The number of rotatable bonds is 27. The van der Waals surface area contributed by atoms with Gasteiger partial charge in [-0.25, -0.2) is 0 Å². The molecule has 0 aromatic heterocycles. The second-order valence-corrected chi connectivity index (χ2v) is 10.1. The lowest BCUT2D eigenvalue weighted by molar-refractivity contribution is -0.165. The van der Waals surface area contributed by atoms with Crippen molar-refractivity contribution >= 4 is 8.25 Å². The molecular formula is C26H56NO4P. The van der Waals surface area contributed by atoms with E-state index in [0.29, 0.717) is 6.61 Å². The Morgan fingerprint density at radius 2 is 0.906 bits per heavy atom. The molecule has 0 aliphatic rings. The van der Waals surface area contributed by atoms with Gasteiger partial charge in [0.25, 0.3) is 0 Å². The predicted molar refractivity (Wildman–Crippen MR) is 138 cm³/mol. The molecule has 0 aromatic carbocycles. The smallest absolute Gasteiger partial charge is 0.316 e. The van der Waals surface area contributed by atoms with E-state index in [1.54, 1.807) is 0 Å². The number of hydrogen-bond donors (Lipinski definition) is 1. The van der Waals surface area contributed by atoms with Crippen LogP contribution in [-0.4, -0.2) is 36.3 Å². The van der Waals surface area contributed by atoms with Crippen molar-refractivity contribution in [2.24, 2.45) is 0 Å². The Morgan fingerprint density at radius 3 is 1.25 bits per heavy atom. The summed E-state index contributed by atoms with van der Waals surface area (Å²) in [5.41, 5.74) is 0. The molecule has 5 nitrogen and oxygen atoms in total. The average molecular weight is 478 g/mol. The van der Waals surface area contributed by atoms with Gasteiger partial charge in [0.2, 0.25) is 0 Å². The average Bonchev–Trinajstić information content (AvgIpc) is 2.78. The van der Waals surface area contributed by atoms with E-state index in [4.69, 9.17) is 14.3 Å². The summed E-state index contributed by atoms with van der Waals surface area (Å²) in [7, 11) is -2.85. The molecule has 0 radical (unpaired) electrons. The third-order valence-corrected chi connectivity index (χ3v) is 6.56. The van der Waals surface area contributed by atoms with Crippen LogP contribution in [0.5, 0.6) is 0 Å². The van der Waals surface area contributed by atoms with E-state index in [-0.39, 0.29) is 6.61 Å². The van der Waals surface area contributed by atoms with Crippen molar-refractivity contribution in [2.45, 2.75) is 142 Å². The fraction of sp³-hybridized carbons (Fsp3) is 1.00. The molecule has 0 fully saturated rings. The van der Waals surface area contributed by atoms with E-state index in [0.717, 1.165) is 25.9 Å². The molecule has 0 saturated carbocycles. The molecule has 0 aliphatic carbocycles. The van der Waals surface area contributed by atoms with Crippen LogP contribution in [0, 0.1) is 0 Å². The highest BCUT2D eigenvalue weighted by Gasteiger charge is 2.06. The van der Waals surface area contributed by atoms with Crippen molar-refractivity contribution in [3.05, 3.63) is 0 Å². The van der Waals surface area contributed by atoms with E-state index in [1.807, 2.05) is 0 Å². The second kappa shape index (κ2) is 27.3. The molecule has 6 heteroatoms. The summed E-state index contributed by atoms with van der Waals surface area (Å²) in [6.45, 7) is 6.97. The first-order chi connectivity index (χ1) is 15.7. The zero-order valence-electron chi connectivity index (χ0n) is 21.6. The molecule has 0 rings (SSSR count). The van der Waals surface area contributed by atoms with Gasteiger partial charge in [-0.3, -0.25) is 9.40 Å². The Morgan fingerprint density at radius 1 is 0.562 bits per heavy atom. The van der Waals surface area contributed by atoms with Crippen molar-refractivity contribution in [1.29, 1.82) is 0 Å². The minimum absolute atomic E-state index is 0.181. The third kappa shape index (κ3) is 26.3. The number of hydrogen-bond acceptors (Lipinski definition) is 4. The highest BCUT2D eigenvalue weighted by molar-refractivity contribution is 7.32. The molecule has 0 aliphatic heterocycles. The van der Waals surface area contributed by atoms with Crippen LogP contribution < -0.4 is 0 Å². The second-order valence-electron chi connectivity index (χ2n) is 9.24. The van der Waals surface area contributed by atoms with Crippen molar-refractivity contribution in [3.8, 4) is 0 Å². The lowest BCUT2D eigenvalue weighted by atomic mass is 10.1. The maximum absolute atomic E-state index is 10.7. The normalized spacial score (nSPS) is 12.6. The molecule has 194 valence electrons. The van der Waals surface area contributed by atoms with E-state index in [1.165, 1.54) is 116 Å². The fourth-order valence-electron chi connectivity index (χ4n) is 4.09. The summed E-state index contributed by atoms with van der Waals surface area (Å²) in [6, 6.07) is 0. The zero-order valence-corrected chi connectivity index (χ0v) is 22.6. The Kier molecular flexibility index (Phi) is 27.4. The van der Waals surface area contributed by atoms with Crippen LogP contribution in [-0.2, 0) is 13.9 Å². The molecule has 32 heavy (non-hydrogen) atoms. The summed E-state index contributed by atoms with van der Waals surface area (Å²) < 4.78 is 15.4. The Labute approximate surface area is 200 Å². The van der Waals surface area contributed by atoms with Gasteiger partial charge in [-0.2, -0.15) is 5.06 Å². The summed E-state index contributed by atoms with van der Waals surface area (Å²) in [4.78, 5) is 14.6. The standard InChI is InChI=1S/C26H56NO4P/c1-3-5-7-9-11-13-15-17-19-21-23-27(30-25-26-31-32(28)29)24-22-20-18-16-14-12-10-8-6-4-2/h32H,3-26H2,1-2H3,(H,28,29). The van der Waals surface area contributed by atoms with Crippen LogP contribution in [0.1, 0.15) is 142 Å². The number of hydroxylamine groups is 2. The molecular weight excluding hydrogens is 421 g/mol. The third-order valence-electron chi connectivity index (χ3n) is 6.10. The van der Waals surface area contributed by atoms with Crippen LogP contribution in [0.4, 0.5) is 0 Å². The van der Waals surface area contributed by atoms with Gasteiger partial charge in [0.1, 0.15) is 0 Å². The first-order valence-electron chi connectivity index (χ1n) is 13.9. The van der Waals surface area contributed by atoms with Gasteiger partial charge in [0, 0.05) is 13.1 Å². The van der Waals surface area contributed by atoms with Gasteiger partial charge in [0.05, 0.1) is 13.2 Å². The molecule has 1 unspecified atom stereocenters. The molecule has 1 N–H and O–H groups in total. The maximum atomic E-state index is 10.7. The van der Waals surface area contributed by atoms with Crippen LogP contribution in [0.25, 0.3) is 0 Å². The minimum atomic E-state index is -2.85. The molecule has 0 bridgehead atoms. The highest BCUT2D eigenvalue weighted by atomic mass is 31.1. The molecule has 0 spiro atoms. The zero-order chi connectivity index (χ0) is 23.5. The summed E-state index contributed by atoms with van der Waals surface area (Å²) in [5, 5.41) is 2.06. The maximum Gasteiger partial charge on any atom is 0.316 e. The van der Waals surface area contributed by atoms with E-state index >= 15 is 0 Å². The van der Waals surface area contributed by atoms with Gasteiger partial charge >= 0.3 is 8.25 Å².